The second kappa shape index (κ2) is 5.72. The van der Waals surface area contributed by atoms with E-state index < -0.39 is 0 Å². The van der Waals surface area contributed by atoms with E-state index in [2.05, 4.69) is 38.0 Å². The number of nitrogens with zero attached hydrogens (tertiary/aromatic N) is 2. The molecule has 4 nitrogen and oxygen atoms in total. The van der Waals surface area contributed by atoms with Gasteiger partial charge in [-0.15, -0.1) is 0 Å². The molecular formula is C17H22N2O2. The molecule has 2 aromatic rings. The molecule has 0 saturated carbocycles. The molecule has 0 aliphatic carbocycles. The minimum Gasteiger partial charge on any atom is -0.439 e. The van der Waals surface area contributed by atoms with Crippen molar-refractivity contribution < 1.29 is 9.53 Å². The third kappa shape index (κ3) is 2.99. The lowest BCUT2D eigenvalue weighted by atomic mass is 9.82. The summed E-state index contributed by atoms with van der Waals surface area (Å²) in [5, 5.41) is 4.21. The largest absolute Gasteiger partial charge is 0.439 e. The number of aryl methyl sites for hydroxylation is 2. The van der Waals surface area contributed by atoms with E-state index in [0.29, 0.717) is 22.9 Å². The molecular weight excluding hydrogens is 264 g/mol. The maximum Gasteiger partial charge on any atom is 0.228 e. The van der Waals surface area contributed by atoms with Crippen molar-refractivity contribution >= 4 is 6.29 Å². The van der Waals surface area contributed by atoms with Gasteiger partial charge in [0.25, 0.3) is 0 Å². The Kier molecular flexibility index (Phi) is 4.16. The zero-order chi connectivity index (χ0) is 15.6. The Hall–Kier alpha value is -2.10. The van der Waals surface area contributed by atoms with Crippen LogP contribution >= 0.6 is 0 Å². The predicted octanol–water partition coefficient (Wildman–Crippen LogP) is 4.02. The van der Waals surface area contributed by atoms with Gasteiger partial charge in [0.2, 0.25) is 5.88 Å². The molecule has 21 heavy (non-hydrogen) atoms. The van der Waals surface area contributed by atoms with Gasteiger partial charge in [-0.2, -0.15) is 5.10 Å². The standard InChI is InChI=1S/C17H22N2O2/c1-6-17(3,4)13-7-9-14(10-8-13)21-16-15(11-20)12(2)18-19(16)5/h7-11H,6H2,1-5H3. The maximum absolute atomic E-state index is 11.1. The zero-order valence-corrected chi connectivity index (χ0v) is 13.3. The monoisotopic (exact) mass is 286 g/mol. The van der Waals surface area contributed by atoms with Crippen LogP contribution in [0.5, 0.6) is 11.6 Å². The van der Waals surface area contributed by atoms with Crippen LogP contribution in [0.25, 0.3) is 0 Å². The third-order valence-corrected chi connectivity index (χ3v) is 4.07. The second-order valence-corrected chi connectivity index (χ2v) is 5.91. The molecule has 0 amide bonds. The number of carbonyl (C=O) groups is 1. The minimum atomic E-state index is 0.148. The van der Waals surface area contributed by atoms with Crippen LogP contribution in [0.3, 0.4) is 0 Å². The number of ether oxygens (including phenoxy) is 1. The van der Waals surface area contributed by atoms with Crippen LogP contribution in [0.4, 0.5) is 0 Å². The third-order valence-electron chi connectivity index (χ3n) is 4.07. The van der Waals surface area contributed by atoms with Crippen LogP contribution in [0.2, 0.25) is 0 Å². The smallest absolute Gasteiger partial charge is 0.228 e. The van der Waals surface area contributed by atoms with E-state index in [1.807, 2.05) is 12.1 Å². The number of hydrogen-bond acceptors (Lipinski definition) is 3. The Morgan fingerprint density at radius 3 is 2.43 bits per heavy atom. The fourth-order valence-electron chi connectivity index (χ4n) is 2.20. The SMILES string of the molecule is CCC(C)(C)c1ccc(Oc2c(C=O)c(C)nn2C)cc1. The Morgan fingerprint density at radius 1 is 1.29 bits per heavy atom. The zero-order valence-electron chi connectivity index (χ0n) is 13.3. The summed E-state index contributed by atoms with van der Waals surface area (Å²) in [5.74, 6) is 1.18. The highest BCUT2D eigenvalue weighted by molar-refractivity contribution is 5.80. The van der Waals surface area contributed by atoms with E-state index in [1.54, 1.807) is 18.7 Å². The van der Waals surface area contributed by atoms with Crippen LogP contribution in [0.15, 0.2) is 24.3 Å². The number of rotatable bonds is 5. The van der Waals surface area contributed by atoms with Crippen molar-refractivity contribution in [2.24, 2.45) is 7.05 Å². The molecule has 0 bridgehead atoms. The fourth-order valence-corrected chi connectivity index (χ4v) is 2.20. The summed E-state index contributed by atoms with van der Waals surface area (Å²) in [6, 6.07) is 8.01. The van der Waals surface area contributed by atoms with Crippen molar-refractivity contribution in [2.45, 2.75) is 39.5 Å². The lowest BCUT2D eigenvalue weighted by molar-refractivity contribution is 0.112. The highest BCUT2D eigenvalue weighted by Gasteiger charge is 2.18. The Balaban J connectivity index is 2.28. The van der Waals surface area contributed by atoms with Gasteiger partial charge in [-0.3, -0.25) is 4.79 Å². The molecule has 4 heteroatoms. The molecule has 0 atom stereocenters. The molecule has 1 heterocycles. The van der Waals surface area contributed by atoms with Gasteiger partial charge < -0.3 is 4.74 Å². The quantitative estimate of drug-likeness (QED) is 0.780. The van der Waals surface area contributed by atoms with Crippen LogP contribution in [-0.2, 0) is 12.5 Å². The Morgan fingerprint density at radius 2 is 1.90 bits per heavy atom. The van der Waals surface area contributed by atoms with Crippen molar-refractivity contribution in [2.75, 3.05) is 0 Å². The molecule has 0 saturated heterocycles. The molecule has 0 unspecified atom stereocenters. The van der Waals surface area contributed by atoms with Crippen molar-refractivity contribution in [3.05, 3.63) is 41.1 Å². The first-order valence-electron chi connectivity index (χ1n) is 7.16. The van der Waals surface area contributed by atoms with E-state index in [0.717, 1.165) is 12.7 Å². The van der Waals surface area contributed by atoms with Crippen LogP contribution in [0, 0.1) is 6.92 Å². The molecule has 0 radical (unpaired) electrons. The van der Waals surface area contributed by atoms with Crippen LogP contribution in [-0.4, -0.2) is 16.1 Å². The maximum atomic E-state index is 11.1. The molecule has 1 aromatic heterocycles. The summed E-state index contributed by atoms with van der Waals surface area (Å²) < 4.78 is 7.41. The molecule has 0 fully saturated rings. The van der Waals surface area contributed by atoms with Crippen molar-refractivity contribution in [1.82, 2.24) is 9.78 Å². The first-order valence-corrected chi connectivity index (χ1v) is 7.16. The van der Waals surface area contributed by atoms with Gasteiger partial charge in [0.1, 0.15) is 5.75 Å². The molecule has 2 rings (SSSR count). The van der Waals surface area contributed by atoms with Gasteiger partial charge in [-0.25, -0.2) is 4.68 Å². The predicted molar refractivity (Wildman–Crippen MR) is 83.2 cm³/mol. The molecule has 0 spiro atoms. The van der Waals surface area contributed by atoms with Crippen LogP contribution in [0.1, 0.15) is 48.8 Å². The average molecular weight is 286 g/mol. The van der Waals surface area contributed by atoms with Gasteiger partial charge in [-0.1, -0.05) is 32.9 Å². The number of benzene rings is 1. The van der Waals surface area contributed by atoms with Crippen molar-refractivity contribution in [1.29, 1.82) is 0 Å². The lowest BCUT2D eigenvalue weighted by Crippen LogP contribution is -2.14. The summed E-state index contributed by atoms with van der Waals surface area (Å²) in [6.07, 6.45) is 1.86. The Labute approximate surface area is 125 Å². The van der Waals surface area contributed by atoms with Gasteiger partial charge in [0, 0.05) is 7.05 Å². The molecule has 0 aliphatic rings. The number of aldehydes is 1. The van der Waals surface area contributed by atoms with Crippen molar-refractivity contribution in [3.63, 3.8) is 0 Å². The Bertz CT molecular complexity index is 640. The van der Waals surface area contributed by atoms with E-state index >= 15 is 0 Å². The average Bonchev–Trinajstić information content (AvgIpc) is 2.73. The van der Waals surface area contributed by atoms with Gasteiger partial charge in [-0.05, 0) is 36.5 Å². The molecule has 0 aliphatic heterocycles. The summed E-state index contributed by atoms with van der Waals surface area (Å²) in [4.78, 5) is 11.1. The molecule has 112 valence electrons. The van der Waals surface area contributed by atoms with Crippen LogP contribution < -0.4 is 4.74 Å². The summed E-state index contributed by atoms with van der Waals surface area (Å²) in [6.45, 7) is 8.41. The first-order chi connectivity index (χ1) is 9.89. The van der Waals surface area contributed by atoms with Gasteiger partial charge >= 0.3 is 0 Å². The van der Waals surface area contributed by atoms with E-state index in [4.69, 9.17) is 4.74 Å². The summed E-state index contributed by atoms with van der Waals surface area (Å²) >= 11 is 0. The number of carbonyl (C=O) groups excluding carboxylic acids is 1. The van der Waals surface area contributed by atoms with E-state index in [9.17, 15) is 4.79 Å². The highest BCUT2D eigenvalue weighted by atomic mass is 16.5. The summed E-state index contributed by atoms with van der Waals surface area (Å²) in [5.41, 5.74) is 2.59. The van der Waals surface area contributed by atoms with E-state index in [1.165, 1.54) is 5.56 Å². The minimum absolute atomic E-state index is 0.148. The number of aromatic nitrogens is 2. The van der Waals surface area contributed by atoms with Gasteiger partial charge in [0.05, 0.1) is 11.3 Å². The summed E-state index contributed by atoms with van der Waals surface area (Å²) in [7, 11) is 1.77. The lowest BCUT2D eigenvalue weighted by Gasteiger charge is -2.23. The normalized spacial score (nSPS) is 11.5. The van der Waals surface area contributed by atoms with E-state index in [-0.39, 0.29) is 5.41 Å². The number of hydrogen-bond donors (Lipinski definition) is 0. The molecule has 0 N–H and O–H groups in total. The molecule has 1 aromatic carbocycles. The second-order valence-electron chi connectivity index (χ2n) is 5.91. The van der Waals surface area contributed by atoms with Crippen molar-refractivity contribution in [3.8, 4) is 11.6 Å². The van der Waals surface area contributed by atoms with Gasteiger partial charge in [0.15, 0.2) is 6.29 Å². The first kappa shape index (κ1) is 15.3. The topological polar surface area (TPSA) is 44.1 Å². The highest BCUT2D eigenvalue weighted by Crippen LogP contribution is 2.30. The fraction of sp³-hybridized carbons (Fsp3) is 0.412.